The van der Waals surface area contributed by atoms with Crippen molar-refractivity contribution >= 4 is 22.0 Å². The van der Waals surface area contributed by atoms with Gasteiger partial charge in [0.1, 0.15) is 12.1 Å². The summed E-state index contributed by atoms with van der Waals surface area (Å²) in [5, 5.41) is 0. The number of halogens is 1. The maximum Gasteiger partial charge on any atom is 0.283 e. The number of hydrogen-bond donors (Lipinski definition) is 1. The first-order valence-electron chi connectivity index (χ1n) is 8.83. The molecule has 1 aromatic carbocycles. The van der Waals surface area contributed by atoms with Gasteiger partial charge in [0.2, 0.25) is 0 Å². The molecule has 0 saturated heterocycles. The third kappa shape index (κ3) is 2.17. The van der Waals surface area contributed by atoms with E-state index in [1.165, 1.54) is 11.1 Å². The van der Waals surface area contributed by atoms with Crippen LogP contribution in [0.25, 0.3) is 0 Å². The first kappa shape index (κ1) is 16.4. The molecule has 0 unspecified atom stereocenters. The van der Waals surface area contributed by atoms with Crippen molar-refractivity contribution in [3.63, 3.8) is 0 Å². The van der Waals surface area contributed by atoms with Gasteiger partial charge in [-0.05, 0) is 54.9 Å². The van der Waals surface area contributed by atoms with Crippen molar-refractivity contribution in [1.29, 1.82) is 0 Å². The third-order valence-corrected chi connectivity index (χ3v) is 7.06. The highest BCUT2D eigenvalue weighted by Gasteiger charge is 2.62. The van der Waals surface area contributed by atoms with Gasteiger partial charge in [-0.1, -0.05) is 35.3 Å². The van der Waals surface area contributed by atoms with E-state index >= 15 is 0 Å². The topological polar surface area (TPSA) is 56.8 Å². The summed E-state index contributed by atoms with van der Waals surface area (Å²) in [5.74, 6) is 0.565. The van der Waals surface area contributed by atoms with Crippen LogP contribution in [0.15, 0.2) is 27.7 Å². The van der Waals surface area contributed by atoms with E-state index < -0.39 is 0 Å². The molecule has 1 saturated carbocycles. The van der Waals surface area contributed by atoms with Crippen LogP contribution in [-0.2, 0) is 21.4 Å². The smallest absolute Gasteiger partial charge is 0.283 e. The summed E-state index contributed by atoms with van der Waals surface area (Å²) in [7, 11) is 1.84. The van der Waals surface area contributed by atoms with E-state index in [2.05, 4.69) is 41.1 Å². The van der Waals surface area contributed by atoms with E-state index in [0.717, 1.165) is 36.6 Å². The minimum absolute atomic E-state index is 0.0902. The first-order chi connectivity index (χ1) is 11.5. The number of aliphatic imine (C=N–C) groups is 1. The lowest BCUT2D eigenvalue weighted by atomic mass is 9.59. The largest absolute Gasteiger partial charge is 0.462 e. The van der Waals surface area contributed by atoms with Gasteiger partial charge in [-0.3, -0.25) is 0 Å². The van der Waals surface area contributed by atoms with Gasteiger partial charge >= 0.3 is 0 Å². The molecular weight excluding hydrogens is 368 g/mol. The minimum atomic E-state index is -0.331. The highest BCUT2D eigenvalue weighted by Crippen LogP contribution is 2.62. The van der Waals surface area contributed by atoms with E-state index in [1.807, 2.05) is 7.11 Å². The average molecular weight is 393 g/mol. The zero-order valence-electron chi connectivity index (χ0n) is 14.3. The summed E-state index contributed by atoms with van der Waals surface area (Å²) in [6, 6.07) is 6.93. The first-order valence-corrected chi connectivity index (χ1v) is 9.63. The summed E-state index contributed by atoms with van der Waals surface area (Å²) >= 11 is 3.63. The Hall–Kier alpha value is -1.07. The van der Waals surface area contributed by atoms with E-state index in [-0.39, 0.29) is 11.0 Å². The number of nitrogens with two attached hydrogens (primary N) is 1. The number of hydrogen-bond acceptors (Lipinski definition) is 4. The van der Waals surface area contributed by atoms with Gasteiger partial charge in [-0.15, -0.1) is 0 Å². The molecule has 0 radical (unpaired) electrons. The Morgan fingerprint density at radius 3 is 2.96 bits per heavy atom. The van der Waals surface area contributed by atoms with Gasteiger partial charge in [0.05, 0.1) is 6.10 Å². The fourth-order valence-corrected chi connectivity index (χ4v) is 5.73. The van der Waals surface area contributed by atoms with Gasteiger partial charge < -0.3 is 15.2 Å². The van der Waals surface area contributed by atoms with Crippen molar-refractivity contribution in [2.45, 2.75) is 50.7 Å². The predicted octanol–water partition coefficient (Wildman–Crippen LogP) is 3.76. The van der Waals surface area contributed by atoms with Gasteiger partial charge in [0, 0.05) is 17.0 Å². The average Bonchev–Trinajstić information content (AvgIpc) is 3.09. The second-order valence-corrected chi connectivity index (χ2v) is 8.46. The van der Waals surface area contributed by atoms with Crippen molar-refractivity contribution in [2.75, 3.05) is 13.7 Å². The summed E-state index contributed by atoms with van der Waals surface area (Å²) in [5.41, 5.74) is 8.43. The Morgan fingerprint density at radius 2 is 2.29 bits per heavy atom. The fourth-order valence-electron chi connectivity index (χ4n) is 5.37. The number of methoxy groups -OCH3 is 1. The molecule has 0 aromatic heterocycles. The van der Waals surface area contributed by atoms with Gasteiger partial charge in [0.25, 0.3) is 6.02 Å². The molecule has 4 rings (SSSR count). The number of fused-ring (bicyclic) bond motifs is 3. The maximum absolute atomic E-state index is 5.99. The van der Waals surface area contributed by atoms with Crippen LogP contribution in [0.3, 0.4) is 0 Å². The van der Waals surface area contributed by atoms with Gasteiger partial charge in [-0.2, -0.15) is 0 Å². The molecule has 1 heterocycles. The molecule has 4 atom stereocenters. The molecule has 5 heteroatoms. The number of amidine groups is 1. The van der Waals surface area contributed by atoms with E-state index in [9.17, 15) is 0 Å². The SMILES string of the molecule is CC[C@@H]1C[C@]2(CC[C@H]1OC)Cc1ccc(Br)cc1[C@@]21COC(N)=N1. The summed E-state index contributed by atoms with van der Waals surface area (Å²) in [6.07, 6.45) is 5.86. The van der Waals surface area contributed by atoms with Crippen LogP contribution in [0.2, 0.25) is 0 Å². The molecule has 0 bridgehead atoms. The van der Waals surface area contributed by atoms with Crippen LogP contribution in [0.4, 0.5) is 0 Å². The summed E-state index contributed by atoms with van der Waals surface area (Å²) in [6.45, 7) is 2.83. The summed E-state index contributed by atoms with van der Waals surface area (Å²) < 4.78 is 12.6. The van der Waals surface area contributed by atoms with Crippen LogP contribution in [0, 0.1) is 11.3 Å². The lowest BCUT2D eigenvalue weighted by Crippen LogP contribution is -2.49. The molecule has 3 aliphatic rings. The lowest BCUT2D eigenvalue weighted by molar-refractivity contribution is -0.0514. The van der Waals surface area contributed by atoms with Crippen LogP contribution >= 0.6 is 15.9 Å². The Morgan fingerprint density at radius 1 is 1.46 bits per heavy atom. The molecule has 2 spiro atoms. The van der Waals surface area contributed by atoms with Crippen LogP contribution < -0.4 is 5.73 Å². The minimum Gasteiger partial charge on any atom is -0.462 e. The van der Waals surface area contributed by atoms with E-state index in [1.54, 1.807) is 0 Å². The van der Waals surface area contributed by atoms with E-state index in [0.29, 0.717) is 24.7 Å². The van der Waals surface area contributed by atoms with Crippen molar-refractivity contribution in [3.8, 4) is 0 Å². The lowest BCUT2D eigenvalue weighted by Gasteiger charge is -2.48. The second kappa shape index (κ2) is 5.73. The Kier molecular flexibility index (Phi) is 3.92. The quantitative estimate of drug-likeness (QED) is 0.833. The predicted molar refractivity (Wildman–Crippen MR) is 98.0 cm³/mol. The molecule has 2 N–H and O–H groups in total. The zero-order valence-corrected chi connectivity index (χ0v) is 15.9. The fraction of sp³-hybridized carbons (Fsp3) is 0.632. The molecule has 1 fully saturated rings. The van der Waals surface area contributed by atoms with Crippen LogP contribution in [0.5, 0.6) is 0 Å². The second-order valence-electron chi connectivity index (χ2n) is 7.54. The molecule has 0 amide bonds. The monoisotopic (exact) mass is 392 g/mol. The maximum atomic E-state index is 5.99. The van der Waals surface area contributed by atoms with Gasteiger partial charge in [-0.25, -0.2) is 4.99 Å². The highest BCUT2D eigenvalue weighted by atomic mass is 79.9. The van der Waals surface area contributed by atoms with Crippen LogP contribution in [-0.4, -0.2) is 25.8 Å². The van der Waals surface area contributed by atoms with Crippen LogP contribution in [0.1, 0.15) is 43.7 Å². The number of ether oxygens (including phenoxy) is 2. The molecule has 24 heavy (non-hydrogen) atoms. The molecule has 130 valence electrons. The molecule has 4 nitrogen and oxygen atoms in total. The third-order valence-electron chi connectivity index (χ3n) is 6.57. The normalized spacial score (nSPS) is 37.5. The molecular formula is C19H25BrN2O2. The van der Waals surface area contributed by atoms with Crippen molar-refractivity contribution in [3.05, 3.63) is 33.8 Å². The van der Waals surface area contributed by atoms with Crippen molar-refractivity contribution < 1.29 is 9.47 Å². The highest BCUT2D eigenvalue weighted by molar-refractivity contribution is 9.10. The van der Waals surface area contributed by atoms with Crippen molar-refractivity contribution in [2.24, 2.45) is 22.1 Å². The number of benzene rings is 1. The molecule has 1 aromatic rings. The Labute approximate surface area is 151 Å². The molecule has 2 aliphatic carbocycles. The standard InChI is InChI=1S/C19H25BrN2O2/c1-3-12-9-18(7-6-16(12)23-2)10-13-4-5-14(20)8-15(13)19(18)11-24-17(21)22-19/h4-5,8,12,16H,3,6-7,9-11H2,1-2H3,(H2,21,22)/t12-,16-,18-,19+/m1/s1. The Balaban J connectivity index is 1.82. The molecule has 1 aliphatic heterocycles. The number of nitrogens with zero attached hydrogens (tertiary/aromatic N) is 1. The summed E-state index contributed by atoms with van der Waals surface area (Å²) in [4.78, 5) is 4.91. The van der Waals surface area contributed by atoms with Gasteiger partial charge in [0.15, 0.2) is 0 Å². The zero-order chi connectivity index (χ0) is 16.9. The number of rotatable bonds is 2. The van der Waals surface area contributed by atoms with Crippen molar-refractivity contribution in [1.82, 2.24) is 0 Å². The van der Waals surface area contributed by atoms with E-state index in [4.69, 9.17) is 20.2 Å². The Bertz CT molecular complexity index is 692.